The van der Waals surface area contributed by atoms with Crippen LogP contribution in [0.5, 0.6) is 0 Å². The Morgan fingerprint density at radius 3 is 2.44 bits per heavy atom. The normalized spacial score (nSPS) is 12.1. The molecule has 0 fully saturated rings. The number of aromatic nitrogens is 3. The molecule has 0 bridgehead atoms. The Hall–Kier alpha value is -2.72. The molecule has 1 unspecified atom stereocenters. The molecule has 2 aromatic heterocycles. The fourth-order valence-electron chi connectivity index (χ4n) is 2.91. The van der Waals surface area contributed by atoms with Gasteiger partial charge in [0.15, 0.2) is 0 Å². The molecule has 4 heteroatoms. The quantitative estimate of drug-likeness (QED) is 0.666. The predicted octanol–water partition coefficient (Wildman–Crippen LogP) is 3.96. The molecule has 0 aliphatic heterocycles. The second-order valence-electron chi connectivity index (χ2n) is 6.26. The van der Waals surface area contributed by atoms with E-state index in [1.807, 2.05) is 30.1 Å². The topological polar surface area (TPSA) is 42.7 Å². The zero-order valence-electron chi connectivity index (χ0n) is 14.8. The lowest BCUT2D eigenvalue weighted by Gasteiger charge is -2.20. The molecule has 25 heavy (non-hydrogen) atoms. The number of hydrogen-bond acceptors (Lipinski definition) is 3. The highest BCUT2D eigenvalue weighted by Gasteiger charge is 2.15. The van der Waals surface area contributed by atoms with Crippen molar-refractivity contribution in [3.8, 4) is 0 Å². The second-order valence-corrected chi connectivity index (χ2v) is 6.26. The van der Waals surface area contributed by atoms with E-state index in [4.69, 9.17) is 0 Å². The summed E-state index contributed by atoms with van der Waals surface area (Å²) in [5, 5.41) is 8.21. The molecule has 2 heterocycles. The van der Waals surface area contributed by atoms with E-state index in [1.165, 1.54) is 22.3 Å². The summed E-state index contributed by atoms with van der Waals surface area (Å²) in [5.74, 6) is 0. The molecule has 0 saturated heterocycles. The number of benzene rings is 1. The van der Waals surface area contributed by atoms with Crippen molar-refractivity contribution < 1.29 is 0 Å². The van der Waals surface area contributed by atoms with Crippen LogP contribution in [0.25, 0.3) is 0 Å². The van der Waals surface area contributed by atoms with E-state index in [9.17, 15) is 0 Å². The Labute approximate surface area is 149 Å². The molecule has 0 aliphatic carbocycles. The number of nitrogens with one attached hydrogen (secondary N) is 1. The summed E-state index contributed by atoms with van der Waals surface area (Å²) < 4.78 is 1.92. The monoisotopic (exact) mass is 332 g/mol. The third kappa shape index (κ3) is 4.22. The first-order chi connectivity index (χ1) is 12.2. The van der Waals surface area contributed by atoms with Crippen LogP contribution in [0.1, 0.15) is 34.0 Å². The molecule has 3 rings (SSSR count). The molecule has 0 aliphatic rings. The van der Waals surface area contributed by atoms with Crippen molar-refractivity contribution >= 4 is 0 Å². The van der Waals surface area contributed by atoms with Gasteiger partial charge in [-0.2, -0.15) is 5.10 Å². The molecular weight excluding hydrogens is 308 g/mol. The Morgan fingerprint density at radius 1 is 1.08 bits per heavy atom. The maximum atomic E-state index is 4.53. The van der Waals surface area contributed by atoms with Crippen LogP contribution in [0.15, 0.2) is 67.6 Å². The van der Waals surface area contributed by atoms with Crippen LogP contribution in [-0.4, -0.2) is 14.8 Å². The van der Waals surface area contributed by atoms with Gasteiger partial charge in [-0.05, 0) is 37.1 Å². The minimum atomic E-state index is 0.116. The Bertz CT molecular complexity index is 819. The SMILES string of the molecule is C=CCn1cc(CNC(c2ccncc2)c2ccc(C)cc2)c(C)n1. The van der Waals surface area contributed by atoms with E-state index >= 15 is 0 Å². The number of hydrogen-bond donors (Lipinski definition) is 1. The van der Waals surface area contributed by atoms with E-state index in [2.05, 4.69) is 71.5 Å². The van der Waals surface area contributed by atoms with Gasteiger partial charge in [0.1, 0.15) is 0 Å². The summed E-state index contributed by atoms with van der Waals surface area (Å²) in [6, 6.07) is 12.9. The summed E-state index contributed by atoms with van der Waals surface area (Å²) >= 11 is 0. The van der Waals surface area contributed by atoms with Crippen molar-refractivity contribution in [1.82, 2.24) is 20.1 Å². The molecule has 1 N–H and O–H groups in total. The second kappa shape index (κ2) is 7.90. The highest BCUT2D eigenvalue weighted by Crippen LogP contribution is 2.23. The van der Waals surface area contributed by atoms with E-state index in [-0.39, 0.29) is 6.04 Å². The first kappa shape index (κ1) is 17.1. The van der Waals surface area contributed by atoms with Crippen molar-refractivity contribution in [3.05, 3.63) is 95.6 Å². The largest absolute Gasteiger partial charge is 0.302 e. The summed E-state index contributed by atoms with van der Waals surface area (Å²) in [4.78, 5) is 4.14. The molecule has 1 aromatic carbocycles. The molecule has 0 amide bonds. The number of allylic oxidation sites excluding steroid dienone is 1. The average Bonchev–Trinajstić information content (AvgIpc) is 2.97. The molecule has 4 nitrogen and oxygen atoms in total. The van der Waals surface area contributed by atoms with Gasteiger partial charge in [-0.15, -0.1) is 6.58 Å². The lowest BCUT2D eigenvalue weighted by Crippen LogP contribution is -2.22. The highest BCUT2D eigenvalue weighted by atomic mass is 15.3. The number of aryl methyl sites for hydroxylation is 2. The van der Waals surface area contributed by atoms with Crippen LogP contribution >= 0.6 is 0 Å². The van der Waals surface area contributed by atoms with Crippen molar-refractivity contribution in [3.63, 3.8) is 0 Å². The first-order valence-corrected chi connectivity index (χ1v) is 8.51. The molecule has 3 aromatic rings. The lowest BCUT2D eigenvalue weighted by molar-refractivity contribution is 0.602. The van der Waals surface area contributed by atoms with E-state index in [0.717, 1.165) is 18.8 Å². The summed E-state index contributed by atoms with van der Waals surface area (Å²) in [6.07, 6.45) is 7.62. The van der Waals surface area contributed by atoms with Crippen LogP contribution in [0.3, 0.4) is 0 Å². The van der Waals surface area contributed by atoms with Gasteiger partial charge in [0, 0.05) is 30.7 Å². The van der Waals surface area contributed by atoms with Crippen molar-refractivity contribution in [2.75, 3.05) is 0 Å². The Morgan fingerprint density at radius 2 is 1.76 bits per heavy atom. The third-order valence-corrected chi connectivity index (χ3v) is 4.31. The van der Waals surface area contributed by atoms with Crippen molar-refractivity contribution in [2.45, 2.75) is 33.0 Å². The van der Waals surface area contributed by atoms with Gasteiger partial charge in [0.25, 0.3) is 0 Å². The lowest BCUT2D eigenvalue weighted by atomic mass is 9.98. The van der Waals surface area contributed by atoms with E-state index < -0.39 is 0 Å². The average molecular weight is 332 g/mol. The molecule has 1 atom stereocenters. The minimum absolute atomic E-state index is 0.116. The maximum absolute atomic E-state index is 4.53. The van der Waals surface area contributed by atoms with E-state index in [0.29, 0.717) is 0 Å². The zero-order valence-corrected chi connectivity index (χ0v) is 14.8. The predicted molar refractivity (Wildman–Crippen MR) is 101 cm³/mol. The summed E-state index contributed by atoms with van der Waals surface area (Å²) in [7, 11) is 0. The van der Waals surface area contributed by atoms with Crippen LogP contribution in [-0.2, 0) is 13.1 Å². The van der Waals surface area contributed by atoms with Crippen LogP contribution in [0, 0.1) is 13.8 Å². The van der Waals surface area contributed by atoms with Crippen molar-refractivity contribution in [1.29, 1.82) is 0 Å². The van der Waals surface area contributed by atoms with Gasteiger partial charge in [-0.25, -0.2) is 0 Å². The van der Waals surface area contributed by atoms with Crippen molar-refractivity contribution in [2.24, 2.45) is 0 Å². The van der Waals surface area contributed by atoms with Gasteiger partial charge in [0.2, 0.25) is 0 Å². The molecule has 0 spiro atoms. The number of rotatable bonds is 7. The Balaban J connectivity index is 1.83. The maximum Gasteiger partial charge on any atom is 0.0638 e. The molecular formula is C21H24N4. The summed E-state index contributed by atoms with van der Waals surface area (Å²) in [6.45, 7) is 9.41. The van der Waals surface area contributed by atoms with Crippen LogP contribution in [0.4, 0.5) is 0 Å². The molecule has 0 radical (unpaired) electrons. The van der Waals surface area contributed by atoms with Gasteiger partial charge in [-0.1, -0.05) is 35.9 Å². The number of nitrogens with zero attached hydrogens (tertiary/aromatic N) is 3. The number of pyridine rings is 1. The fraction of sp³-hybridized carbons (Fsp3) is 0.238. The van der Waals surface area contributed by atoms with Crippen LogP contribution in [0.2, 0.25) is 0 Å². The standard InChI is InChI=1S/C21H24N4/c1-4-13-25-15-20(17(3)24-25)14-23-21(19-9-11-22-12-10-19)18-7-5-16(2)6-8-18/h4-12,15,21,23H,1,13-14H2,2-3H3. The van der Waals surface area contributed by atoms with Gasteiger partial charge >= 0.3 is 0 Å². The van der Waals surface area contributed by atoms with Gasteiger partial charge < -0.3 is 5.32 Å². The Kier molecular flexibility index (Phi) is 5.41. The molecule has 128 valence electrons. The minimum Gasteiger partial charge on any atom is -0.302 e. The highest BCUT2D eigenvalue weighted by molar-refractivity contribution is 5.32. The summed E-state index contributed by atoms with van der Waals surface area (Å²) in [5.41, 5.74) is 5.96. The smallest absolute Gasteiger partial charge is 0.0638 e. The van der Waals surface area contributed by atoms with Gasteiger partial charge in [-0.3, -0.25) is 9.67 Å². The zero-order chi connectivity index (χ0) is 17.6. The third-order valence-electron chi connectivity index (χ3n) is 4.31. The van der Waals surface area contributed by atoms with Crippen LogP contribution < -0.4 is 5.32 Å². The first-order valence-electron chi connectivity index (χ1n) is 8.51. The van der Waals surface area contributed by atoms with E-state index in [1.54, 1.807) is 0 Å². The van der Waals surface area contributed by atoms with Gasteiger partial charge in [0.05, 0.1) is 18.3 Å². The molecule has 0 saturated carbocycles. The fourth-order valence-corrected chi connectivity index (χ4v) is 2.91.